The molecule has 0 radical (unpaired) electrons. The maximum atomic E-state index is 12.8. The molecule has 2 aliphatic heterocycles. The maximum absolute atomic E-state index is 12.8. The van der Waals surface area contributed by atoms with Crippen LogP contribution >= 0.6 is 34.9 Å². The van der Waals surface area contributed by atoms with Gasteiger partial charge in [-0.3, -0.25) is 14.5 Å². The average molecular weight is 538 g/mol. The van der Waals surface area contributed by atoms with E-state index in [1.54, 1.807) is 5.38 Å². The molecule has 1 saturated heterocycles. The fourth-order valence-electron chi connectivity index (χ4n) is 3.56. The van der Waals surface area contributed by atoms with Crippen molar-refractivity contribution < 1.29 is 24.3 Å². The molecule has 0 aliphatic carbocycles. The first kappa shape index (κ1) is 24.6. The number of nitrogens with two attached hydrogens (primary N) is 3. The number of carboxylic acids is 1. The highest BCUT2D eigenvalue weighted by molar-refractivity contribution is 8.01. The summed E-state index contributed by atoms with van der Waals surface area (Å²) in [6.07, 6.45) is 0.998. The van der Waals surface area contributed by atoms with Crippen LogP contribution in [-0.4, -0.2) is 67.2 Å². The van der Waals surface area contributed by atoms with Crippen molar-refractivity contribution in [2.75, 3.05) is 30.1 Å². The minimum Gasteiger partial charge on any atom is -0.477 e. The number of anilines is 3. The second kappa shape index (κ2) is 9.59. The first-order valence-electron chi connectivity index (χ1n) is 9.74. The number of hydrogen-bond donors (Lipinski definition) is 5. The monoisotopic (exact) mass is 537 g/mol. The van der Waals surface area contributed by atoms with Crippen LogP contribution in [0.1, 0.15) is 12.1 Å². The number of rotatable bonds is 8. The Morgan fingerprint density at radius 3 is 2.77 bits per heavy atom. The van der Waals surface area contributed by atoms with Gasteiger partial charge in [0.25, 0.3) is 5.91 Å². The Morgan fingerprint density at radius 1 is 1.40 bits per heavy atom. The zero-order chi connectivity index (χ0) is 25.3. The molecule has 4 heterocycles. The lowest BCUT2D eigenvalue weighted by atomic mass is 9.98. The standard InChI is InChI=1S/C18H19N9O5S3/c1-32-22-4-10(28)26-18(8-6-34-17(21)23-8)7(5-33-11-2-9(19)24-16(20)25-11)14(15(30)31)27-12(29)3-13(27)35-18/h2,4,6,13H,3,5H2,1H3,(H2,21,23)(H,26,28)(H,30,31)(H4,19,20,24,25)/t13-,18?/m0/s1. The van der Waals surface area contributed by atoms with Crippen molar-refractivity contribution in [3.63, 3.8) is 0 Å². The Labute approximate surface area is 210 Å². The normalized spacial score (nSPS) is 21.6. The largest absolute Gasteiger partial charge is 0.477 e. The van der Waals surface area contributed by atoms with Crippen LogP contribution in [0.3, 0.4) is 0 Å². The van der Waals surface area contributed by atoms with Crippen LogP contribution in [0.15, 0.2) is 32.9 Å². The van der Waals surface area contributed by atoms with E-state index in [2.05, 4.69) is 30.3 Å². The van der Waals surface area contributed by atoms with Gasteiger partial charge in [0.2, 0.25) is 11.9 Å². The second-order valence-electron chi connectivity index (χ2n) is 7.11. The Kier molecular flexibility index (Phi) is 6.73. The Hall–Kier alpha value is -3.57. The van der Waals surface area contributed by atoms with Gasteiger partial charge in [-0.15, -0.1) is 23.1 Å². The number of amides is 2. The van der Waals surface area contributed by atoms with Gasteiger partial charge < -0.3 is 32.5 Å². The van der Waals surface area contributed by atoms with E-state index in [9.17, 15) is 19.5 Å². The third-order valence-electron chi connectivity index (χ3n) is 4.93. The van der Waals surface area contributed by atoms with Crippen LogP contribution in [0.4, 0.5) is 16.9 Å². The zero-order valence-corrected chi connectivity index (χ0v) is 20.4. The van der Waals surface area contributed by atoms with Crippen LogP contribution < -0.4 is 22.5 Å². The van der Waals surface area contributed by atoms with E-state index in [0.717, 1.165) is 29.3 Å². The topological polar surface area (TPSA) is 225 Å². The molecule has 2 aromatic heterocycles. The highest BCUT2D eigenvalue weighted by Gasteiger charge is 2.56. The minimum absolute atomic E-state index is 0.0276. The van der Waals surface area contributed by atoms with Gasteiger partial charge in [-0.1, -0.05) is 16.9 Å². The van der Waals surface area contributed by atoms with Gasteiger partial charge in [0.05, 0.1) is 17.5 Å². The Bertz CT molecular complexity index is 1250. The van der Waals surface area contributed by atoms with Gasteiger partial charge in [0.1, 0.15) is 29.9 Å². The SMILES string of the molecule is CON=CC(=O)NC1(c2csc(N)n2)S[C@H]2CC(=O)N2C(C(=O)O)=C1CSc1cc(N)nc(N)n1. The molecule has 2 atom stereocenters. The molecule has 35 heavy (non-hydrogen) atoms. The molecular formula is C18H19N9O5S3. The highest BCUT2D eigenvalue weighted by Crippen LogP contribution is 2.55. The van der Waals surface area contributed by atoms with E-state index < -0.39 is 22.1 Å². The van der Waals surface area contributed by atoms with Crippen molar-refractivity contribution in [1.82, 2.24) is 25.2 Å². The van der Waals surface area contributed by atoms with E-state index in [0.29, 0.717) is 10.7 Å². The number of aliphatic carboxylic acids is 1. The van der Waals surface area contributed by atoms with Gasteiger partial charge in [0.15, 0.2) is 10.0 Å². The van der Waals surface area contributed by atoms with Crippen molar-refractivity contribution in [1.29, 1.82) is 0 Å². The number of thioether (sulfide) groups is 2. The molecular weight excluding hydrogens is 518 g/mol. The summed E-state index contributed by atoms with van der Waals surface area (Å²) in [4.78, 5) is 54.2. The van der Waals surface area contributed by atoms with Crippen molar-refractivity contribution >= 4 is 75.8 Å². The Balaban J connectivity index is 1.87. The third-order valence-corrected chi connectivity index (χ3v) is 8.11. The first-order valence-corrected chi connectivity index (χ1v) is 12.5. The minimum atomic E-state index is -1.49. The highest BCUT2D eigenvalue weighted by atomic mass is 32.2. The number of carbonyl (C=O) groups excluding carboxylic acids is 2. The number of fused-ring (bicyclic) bond motifs is 1. The van der Waals surface area contributed by atoms with Crippen LogP contribution in [0.25, 0.3) is 0 Å². The predicted octanol–water partition coefficient (Wildman–Crippen LogP) is 0.0171. The lowest BCUT2D eigenvalue weighted by Crippen LogP contribution is -2.61. The third kappa shape index (κ3) is 4.69. The molecule has 0 spiro atoms. The predicted molar refractivity (Wildman–Crippen MR) is 131 cm³/mol. The summed E-state index contributed by atoms with van der Waals surface area (Å²) in [5.74, 6) is -2.32. The molecule has 17 heteroatoms. The van der Waals surface area contributed by atoms with E-state index >= 15 is 0 Å². The maximum Gasteiger partial charge on any atom is 0.352 e. The van der Waals surface area contributed by atoms with Crippen LogP contribution in [0.5, 0.6) is 0 Å². The fourth-order valence-corrected chi connectivity index (χ4v) is 7.01. The number of oxime groups is 1. The molecule has 1 fully saturated rings. The lowest BCUT2D eigenvalue weighted by molar-refractivity contribution is -0.146. The molecule has 0 saturated carbocycles. The number of nitrogens with zero attached hydrogens (tertiary/aromatic N) is 5. The molecule has 8 N–H and O–H groups in total. The van der Waals surface area contributed by atoms with Crippen molar-refractivity contribution in [3.05, 3.63) is 28.4 Å². The molecule has 4 rings (SSSR count). The summed E-state index contributed by atoms with van der Waals surface area (Å²) in [6.45, 7) is 0. The second-order valence-corrected chi connectivity index (χ2v) is 10.4. The van der Waals surface area contributed by atoms with Gasteiger partial charge >= 0.3 is 5.97 Å². The number of thiazole rings is 1. The van der Waals surface area contributed by atoms with Crippen LogP contribution in [0.2, 0.25) is 0 Å². The smallest absolute Gasteiger partial charge is 0.352 e. The molecule has 2 amide bonds. The summed E-state index contributed by atoms with van der Waals surface area (Å²) < 4.78 is 0. The molecule has 184 valence electrons. The summed E-state index contributed by atoms with van der Waals surface area (Å²) in [5, 5.41) is 18.1. The average Bonchev–Trinajstić information content (AvgIpc) is 3.22. The van der Waals surface area contributed by atoms with Crippen molar-refractivity contribution in [3.8, 4) is 0 Å². The van der Waals surface area contributed by atoms with E-state index in [-0.39, 0.29) is 46.2 Å². The molecule has 2 aliphatic rings. The first-order chi connectivity index (χ1) is 16.6. The number of aromatic nitrogens is 3. The van der Waals surface area contributed by atoms with Gasteiger partial charge in [0, 0.05) is 22.8 Å². The lowest BCUT2D eigenvalue weighted by Gasteiger charge is -2.51. The van der Waals surface area contributed by atoms with E-state index in [1.807, 2.05) is 0 Å². The summed E-state index contributed by atoms with van der Waals surface area (Å²) in [5.41, 5.74) is 17.6. The van der Waals surface area contributed by atoms with Crippen LogP contribution in [0, 0.1) is 0 Å². The van der Waals surface area contributed by atoms with Gasteiger partial charge in [-0.2, -0.15) is 4.98 Å². The number of carbonyl (C=O) groups is 3. The molecule has 1 unspecified atom stereocenters. The van der Waals surface area contributed by atoms with E-state index in [4.69, 9.17) is 17.2 Å². The zero-order valence-electron chi connectivity index (χ0n) is 18.0. The van der Waals surface area contributed by atoms with E-state index in [1.165, 1.54) is 29.8 Å². The quantitative estimate of drug-likeness (QED) is 0.0985. The summed E-state index contributed by atoms with van der Waals surface area (Å²) in [7, 11) is 1.28. The number of carboxylic acid groups (broad SMARTS) is 1. The summed E-state index contributed by atoms with van der Waals surface area (Å²) >= 11 is 3.40. The fraction of sp³-hybridized carbons (Fsp3) is 0.278. The number of β-lactam (4-membered cyclic amide) rings is 1. The molecule has 14 nitrogen and oxygen atoms in total. The molecule has 0 aromatic carbocycles. The van der Waals surface area contributed by atoms with Crippen LogP contribution in [-0.2, 0) is 24.1 Å². The number of nitrogen functional groups attached to an aromatic ring is 3. The van der Waals surface area contributed by atoms with Gasteiger partial charge in [-0.05, 0) is 0 Å². The van der Waals surface area contributed by atoms with Crippen molar-refractivity contribution in [2.45, 2.75) is 21.7 Å². The number of nitrogens with one attached hydrogen (secondary N) is 1. The summed E-state index contributed by atoms with van der Waals surface area (Å²) in [6, 6.07) is 1.47. The molecule has 2 aromatic rings. The number of hydrogen-bond acceptors (Lipinski definition) is 14. The molecule has 0 bridgehead atoms. The Morgan fingerprint density at radius 2 is 2.17 bits per heavy atom. The van der Waals surface area contributed by atoms with Gasteiger partial charge in [-0.25, -0.2) is 14.8 Å². The van der Waals surface area contributed by atoms with Crippen molar-refractivity contribution in [2.24, 2.45) is 5.16 Å².